The van der Waals surface area contributed by atoms with Crippen LogP contribution in [0.25, 0.3) is 95.5 Å². The SMILES string of the molecule is c1c(-c2ccccc2-n2c3c(c4ccccc42)C=CCC3)cc(-c2nc(-c3ccccc3)nc(-c3ccccc3)n2)c(-n2c3ccccc3c3ccccc32)c#1. The van der Waals surface area contributed by atoms with Gasteiger partial charge in [-0.05, 0) is 49.2 Å². The minimum Gasteiger partial charge on any atom is -0.312 e. The van der Waals surface area contributed by atoms with Crippen LogP contribution in [0.3, 0.4) is 0 Å². The lowest BCUT2D eigenvalue weighted by atomic mass is 10.00. The number of fused-ring (bicyclic) bond motifs is 6. The average molecular weight is 716 g/mol. The summed E-state index contributed by atoms with van der Waals surface area (Å²) in [4.78, 5) is 15.5. The fraction of sp³-hybridized carbons (Fsp3) is 0.0392. The molecular formula is C51H33N5. The molecule has 0 N–H and O–H groups in total. The molecule has 0 saturated heterocycles. The second kappa shape index (κ2) is 13.1. The van der Waals surface area contributed by atoms with Crippen LogP contribution in [0.1, 0.15) is 17.7 Å². The third kappa shape index (κ3) is 5.15. The van der Waals surface area contributed by atoms with Crippen molar-refractivity contribution < 1.29 is 0 Å². The molecule has 0 atom stereocenters. The normalized spacial score (nSPS) is 12.3. The summed E-state index contributed by atoms with van der Waals surface area (Å²) in [6, 6.07) is 64.3. The molecule has 1 aliphatic rings. The zero-order valence-corrected chi connectivity index (χ0v) is 30.4. The lowest BCUT2D eigenvalue weighted by Crippen LogP contribution is -2.05. The van der Waals surface area contributed by atoms with Crippen LogP contribution in [0.5, 0.6) is 0 Å². The van der Waals surface area contributed by atoms with Crippen LogP contribution in [-0.2, 0) is 6.42 Å². The minimum atomic E-state index is 0.562. The van der Waals surface area contributed by atoms with Gasteiger partial charge < -0.3 is 9.13 Å². The van der Waals surface area contributed by atoms with E-state index in [9.17, 15) is 0 Å². The molecule has 0 amide bonds. The van der Waals surface area contributed by atoms with Crippen molar-refractivity contribution in [1.29, 1.82) is 0 Å². The van der Waals surface area contributed by atoms with Gasteiger partial charge in [0.25, 0.3) is 0 Å². The van der Waals surface area contributed by atoms with Gasteiger partial charge in [-0.25, -0.2) is 15.0 Å². The van der Waals surface area contributed by atoms with E-state index in [0.717, 1.165) is 63.1 Å². The standard InChI is InChI=1S/C51H33N5/c1-3-17-34(18-4-1)49-52-50(35-19-5-2-6-20-35)54-51(53-49)42-33-36(31-32-48(42)56-46-29-15-10-24-40(46)41-25-11-16-30-47(41)56)37-21-7-12-26-43(37)55-44-27-13-8-22-38(44)39-23-9-14-28-45(39)55/h1-13,15-27,29-30,33H,14,28H2. The summed E-state index contributed by atoms with van der Waals surface area (Å²) < 4.78 is 4.73. The van der Waals surface area contributed by atoms with E-state index < -0.39 is 0 Å². The minimum absolute atomic E-state index is 0.562. The summed E-state index contributed by atoms with van der Waals surface area (Å²) in [5.41, 5.74) is 12.5. The van der Waals surface area contributed by atoms with Crippen LogP contribution in [0.15, 0.2) is 170 Å². The number of rotatable bonds is 6. The first-order valence-corrected chi connectivity index (χ1v) is 19.0. The van der Waals surface area contributed by atoms with Gasteiger partial charge in [0.05, 0.1) is 27.8 Å². The third-order valence-corrected chi connectivity index (χ3v) is 10.9. The highest BCUT2D eigenvalue weighted by Crippen LogP contribution is 2.40. The summed E-state index contributed by atoms with van der Waals surface area (Å²) in [6.45, 7) is 0. The summed E-state index contributed by atoms with van der Waals surface area (Å²) in [6.07, 6.45) is 6.55. The van der Waals surface area contributed by atoms with E-state index in [4.69, 9.17) is 15.0 Å². The number of allylic oxidation sites excluding steroid dienone is 1. The van der Waals surface area contributed by atoms with Gasteiger partial charge in [0, 0.05) is 49.7 Å². The first-order chi connectivity index (χ1) is 27.8. The number of para-hydroxylation sites is 4. The maximum absolute atomic E-state index is 5.25. The molecule has 0 radical (unpaired) electrons. The van der Waals surface area contributed by atoms with Gasteiger partial charge in [0.2, 0.25) is 0 Å². The van der Waals surface area contributed by atoms with Crippen molar-refractivity contribution in [2.24, 2.45) is 0 Å². The first-order valence-electron chi connectivity index (χ1n) is 19.0. The van der Waals surface area contributed by atoms with E-state index in [1.54, 1.807) is 0 Å². The Bertz CT molecular complexity index is 3020. The fourth-order valence-corrected chi connectivity index (χ4v) is 8.37. The highest BCUT2D eigenvalue weighted by Gasteiger charge is 2.23. The average Bonchev–Trinajstić information content (AvgIpc) is 3.80. The molecule has 10 aromatic rings. The molecule has 0 saturated carbocycles. The molecule has 11 rings (SSSR count). The monoisotopic (exact) mass is 715 g/mol. The highest BCUT2D eigenvalue weighted by molar-refractivity contribution is 6.09. The van der Waals surface area contributed by atoms with Crippen molar-refractivity contribution >= 4 is 38.8 Å². The second-order valence-corrected chi connectivity index (χ2v) is 14.1. The fourth-order valence-electron chi connectivity index (χ4n) is 8.37. The molecule has 7 aromatic carbocycles. The molecule has 3 aromatic heterocycles. The largest absolute Gasteiger partial charge is 0.312 e. The molecule has 1 aliphatic carbocycles. The third-order valence-electron chi connectivity index (χ3n) is 10.9. The summed E-state index contributed by atoms with van der Waals surface area (Å²) >= 11 is 0. The topological polar surface area (TPSA) is 48.5 Å². The zero-order chi connectivity index (χ0) is 37.0. The Hall–Kier alpha value is -7.55. The van der Waals surface area contributed by atoms with E-state index in [2.05, 4.69) is 137 Å². The molecule has 3 heterocycles. The molecule has 56 heavy (non-hydrogen) atoms. The van der Waals surface area contributed by atoms with Crippen LogP contribution in [0, 0.1) is 12.1 Å². The van der Waals surface area contributed by atoms with Gasteiger partial charge in [0.1, 0.15) is 5.69 Å². The Kier molecular flexibility index (Phi) is 7.46. The Balaban J connectivity index is 1.21. The first kappa shape index (κ1) is 31.9. The molecule has 262 valence electrons. The van der Waals surface area contributed by atoms with Gasteiger partial charge in [-0.2, -0.15) is 0 Å². The smallest absolute Gasteiger partial charge is 0.166 e. The summed E-state index contributed by atoms with van der Waals surface area (Å²) in [5.74, 6) is 1.78. The number of nitrogens with zero attached hydrogens (tertiary/aromatic N) is 5. The second-order valence-electron chi connectivity index (χ2n) is 14.1. The molecule has 0 fully saturated rings. The van der Waals surface area contributed by atoms with Gasteiger partial charge in [-0.3, -0.25) is 0 Å². The molecule has 0 spiro atoms. The van der Waals surface area contributed by atoms with Crippen molar-refractivity contribution in [3.63, 3.8) is 0 Å². The van der Waals surface area contributed by atoms with Crippen molar-refractivity contribution in [2.45, 2.75) is 12.8 Å². The van der Waals surface area contributed by atoms with Crippen LogP contribution in [0.2, 0.25) is 0 Å². The maximum atomic E-state index is 5.25. The molecule has 0 aliphatic heterocycles. The van der Waals surface area contributed by atoms with Crippen LogP contribution in [0.4, 0.5) is 0 Å². The number of benzene rings is 6. The maximum Gasteiger partial charge on any atom is 0.166 e. The predicted molar refractivity (Wildman–Crippen MR) is 228 cm³/mol. The number of hydrogen-bond donors (Lipinski definition) is 0. The van der Waals surface area contributed by atoms with Crippen LogP contribution >= 0.6 is 0 Å². The Morgan fingerprint density at radius 2 is 1.00 bits per heavy atom. The summed E-state index contributed by atoms with van der Waals surface area (Å²) in [7, 11) is 0. The number of aromatic nitrogens is 5. The molecular weight excluding hydrogens is 683 g/mol. The van der Waals surface area contributed by atoms with Gasteiger partial charge in [-0.1, -0.05) is 152 Å². The number of hydrogen-bond acceptors (Lipinski definition) is 3. The van der Waals surface area contributed by atoms with Crippen molar-refractivity contribution in [3.05, 3.63) is 193 Å². The van der Waals surface area contributed by atoms with E-state index in [0.29, 0.717) is 17.5 Å². The molecule has 0 bridgehead atoms. The van der Waals surface area contributed by atoms with Gasteiger partial charge in [0.15, 0.2) is 17.5 Å². The highest BCUT2D eigenvalue weighted by atomic mass is 15.1. The Labute approximate surface area is 324 Å². The molecule has 5 nitrogen and oxygen atoms in total. The van der Waals surface area contributed by atoms with E-state index in [1.165, 1.54) is 32.9 Å². The molecule has 0 unspecified atom stereocenters. The Morgan fingerprint density at radius 3 is 1.66 bits per heavy atom. The molecule has 5 heteroatoms. The van der Waals surface area contributed by atoms with Crippen molar-refractivity contribution in [1.82, 2.24) is 24.1 Å². The Morgan fingerprint density at radius 1 is 0.464 bits per heavy atom. The van der Waals surface area contributed by atoms with Crippen molar-refractivity contribution in [3.8, 4) is 56.7 Å². The predicted octanol–water partition coefficient (Wildman–Crippen LogP) is 12.1. The van der Waals surface area contributed by atoms with Crippen LogP contribution in [-0.4, -0.2) is 24.1 Å². The summed E-state index contributed by atoms with van der Waals surface area (Å²) in [5, 5.41) is 3.60. The quantitative estimate of drug-likeness (QED) is 0.172. The van der Waals surface area contributed by atoms with E-state index in [1.807, 2.05) is 60.7 Å². The lowest BCUT2D eigenvalue weighted by molar-refractivity contribution is 0.889. The van der Waals surface area contributed by atoms with E-state index in [-0.39, 0.29) is 0 Å². The zero-order valence-electron chi connectivity index (χ0n) is 30.4. The van der Waals surface area contributed by atoms with Crippen molar-refractivity contribution in [2.75, 3.05) is 0 Å². The lowest BCUT2D eigenvalue weighted by Gasteiger charge is -2.18. The van der Waals surface area contributed by atoms with Gasteiger partial charge >= 0.3 is 0 Å². The van der Waals surface area contributed by atoms with E-state index >= 15 is 0 Å². The van der Waals surface area contributed by atoms with Gasteiger partial charge in [-0.15, -0.1) is 0 Å². The van der Waals surface area contributed by atoms with Crippen LogP contribution < -0.4 is 0 Å².